The zero-order valence-corrected chi connectivity index (χ0v) is 11.3. The molecule has 1 aromatic carbocycles. The van der Waals surface area contributed by atoms with Gasteiger partial charge in [-0.05, 0) is 36.8 Å². The summed E-state index contributed by atoms with van der Waals surface area (Å²) in [6.07, 6.45) is 0. The van der Waals surface area contributed by atoms with E-state index < -0.39 is 5.97 Å². The number of benzene rings is 1. The minimum atomic E-state index is -0.884. The van der Waals surface area contributed by atoms with Crippen LogP contribution >= 0.6 is 22.9 Å². The lowest BCUT2D eigenvalue weighted by Crippen LogP contribution is -1.99. The minimum Gasteiger partial charge on any atom is -0.477 e. The van der Waals surface area contributed by atoms with Gasteiger partial charge in [-0.15, -0.1) is 11.3 Å². The Kier molecular flexibility index (Phi) is 3.89. The Labute approximate surface area is 114 Å². The average Bonchev–Trinajstić information content (AvgIpc) is 2.80. The monoisotopic (exact) mass is 281 g/mol. The maximum absolute atomic E-state index is 10.8. The van der Waals surface area contributed by atoms with Crippen molar-refractivity contribution < 1.29 is 9.90 Å². The predicted octanol–water partition coefficient (Wildman–Crippen LogP) is 4.02. The van der Waals surface area contributed by atoms with Crippen molar-refractivity contribution in [1.82, 2.24) is 0 Å². The van der Waals surface area contributed by atoms with Gasteiger partial charge in [-0.2, -0.15) is 0 Å². The van der Waals surface area contributed by atoms with Gasteiger partial charge in [0.05, 0.1) is 0 Å². The predicted molar refractivity (Wildman–Crippen MR) is 74.8 cm³/mol. The van der Waals surface area contributed by atoms with E-state index in [-0.39, 0.29) is 0 Å². The number of carboxylic acid groups (broad SMARTS) is 1. The Morgan fingerprint density at radius 1 is 1.39 bits per heavy atom. The molecule has 0 bridgehead atoms. The summed E-state index contributed by atoms with van der Waals surface area (Å²) in [7, 11) is 0. The van der Waals surface area contributed by atoms with Crippen LogP contribution in [0.3, 0.4) is 0 Å². The van der Waals surface area contributed by atoms with Gasteiger partial charge in [0.1, 0.15) is 4.88 Å². The lowest BCUT2D eigenvalue weighted by atomic mass is 10.2. The number of hydrogen-bond donors (Lipinski definition) is 2. The van der Waals surface area contributed by atoms with Crippen LogP contribution in [0.1, 0.15) is 20.1 Å². The Bertz CT molecular complexity index is 580. The molecule has 1 aromatic heterocycles. The highest BCUT2D eigenvalue weighted by Gasteiger charge is 2.07. The second-order valence-electron chi connectivity index (χ2n) is 3.84. The van der Waals surface area contributed by atoms with Gasteiger partial charge in [-0.1, -0.05) is 17.7 Å². The van der Waals surface area contributed by atoms with Gasteiger partial charge < -0.3 is 10.4 Å². The number of anilines is 1. The molecule has 5 heteroatoms. The molecule has 2 rings (SSSR count). The highest BCUT2D eigenvalue weighted by atomic mass is 35.5. The molecule has 0 aliphatic carbocycles. The first kappa shape index (κ1) is 12.9. The highest BCUT2D eigenvalue weighted by molar-refractivity contribution is 7.13. The van der Waals surface area contributed by atoms with Crippen LogP contribution in [0.15, 0.2) is 30.3 Å². The van der Waals surface area contributed by atoms with E-state index in [4.69, 9.17) is 16.7 Å². The molecule has 0 radical (unpaired) electrons. The van der Waals surface area contributed by atoms with E-state index in [1.54, 1.807) is 6.07 Å². The lowest BCUT2D eigenvalue weighted by Gasteiger charge is -2.09. The summed E-state index contributed by atoms with van der Waals surface area (Å²) in [5, 5.41) is 12.8. The average molecular weight is 282 g/mol. The van der Waals surface area contributed by atoms with E-state index in [1.807, 2.05) is 31.2 Å². The topological polar surface area (TPSA) is 49.3 Å². The molecule has 0 unspecified atom stereocenters. The molecule has 0 aliphatic rings. The maximum atomic E-state index is 10.8. The first-order chi connectivity index (χ1) is 8.58. The van der Waals surface area contributed by atoms with Crippen LogP contribution in [0.4, 0.5) is 5.69 Å². The second kappa shape index (κ2) is 5.42. The molecular weight excluding hydrogens is 270 g/mol. The summed E-state index contributed by atoms with van der Waals surface area (Å²) in [5.74, 6) is -0.884. The molecule has 0 atom stereocenters. The molecule has 0 aliphatic heterocycles. The summed E-state index contributed by atoms with van der Waals surface area (Å²) in [6, 6.07) is 9.12. The standard InChI is InChI=1S/C13H12ClNO2S/c1-8-10(14)3-2-4-11(8)15-7-9-5-6-12(18-9)13(16)17/h2-6,15H,7H2,1H3,(H,16,17). The number of thiophene rings is 1. The molecule has 94 valence electrons. The molecule has 0 saturated heterocycles. The number of rotatable bonds is 4. The van der Waals surface area contributed by atoms with Crippen LogP contribution < -0.4 is 5.32 Å². The van der Waals surface area contributed by atoms with Crippen LogP contribution in [0.25, 0.3) is 0 Å². The fraction of sp³-hybridized carbons (Fsp3) is 0.154. The summed E-state index contributed by atoms with van der Waals surface area (Å²) in [4.78, 5) is 12.1. The fourth-order valence-electron chi connectivity index (χ4n) is 1.57. The third-order valence-corrected chi connectivity index (χ3v) is 4.08. The minimum absolute atomic E-state index is 0.356. The number of nitrogens with one attached hydrogen (secondary N) is 1. The van der Waals surface area contributed by atoms with Crippen LogP contribution in [0.5, 0.6) is 0 Å². The highest BCUT2D eigenvalue weighted by Crippen LogP contribution is 2.24. The van der Waals surface area contributed by atoms with Crippen molar-refractivity contribution in [1.29, 1.82) is 0 Å². The molecule has 0 amide bonds. The van der Waals surface area contributed by atoms with Crippen molar-refractivity contribution in [2.24, 2.45) is 0 Å². The van der Waals surface area contributed by atoms with E-state index in [1.165, 1.54) is 11.3 Å². The zero-order valence-electron chi connectivity index (χ0n) is 9.74. The van der Waals surface area contributed by atoms with E-state index in [2.05, 4.69) is 5.32 Å². The smallest absolute Gasteiger partial charge is 0.345 e. The molecule has 0 saturated carbocycles. The van der Waals surface area contributed by atoms with Crippen LogP contribution in [0.2, 0.25) is 5.02 Å². The third kappa shape index (κ3) is 2.83. The SMILES string of the molecule is Cc1c(Cl)cccc1NCc1ccc(C(=O)O)s1. The molecule has 18 heavy (non-hydrogen) atoms. The summed E-state index contributed by atoms with van der Waals surface area (Å²) < 4.78 is 0. The third-order valence-electron chi connectivity index (χ3n) is 2.59. The van der Waals surface area contributed by atoms with Crippen molar-refractivity contribution >= 4 is 34.6 Å². The van der Waals surface area contributed by atoms with Gasteiger partial charge in [0.15, 0.2) is 0 Å². The number of carboxylic acids is 1. The number of hydrogen-bond acceptors (Lipinski definition) is 3. The first-order valence-corrected chi connectivity index (χ1v) is 6.58. The quantitative estimate of drug-likeness (QED) is 0.890. The summed E-state index contributed by atoms with van der Waals surface area (Å²) >= 11 is 7.30. The van der Waals surface area contributed by atoms with E-state index in [0.29, 0.717) is 11.4 Å². The van der Waals surface area contributed by atoms with Gasteiger partial charge in [0.25, 0.3) is 0 Å². The van der Waals surface area contributed by atoms with Gasteiger partial charge in [0, 0.05) is 22.1 Å². The van der Waals surface area contributed by atoms with Crippen LogP contribution in [0, 0.1) is 6.92 Å². The Balaban J connectivity index is 2.07. The van der Waals surface area contributed by atoms with Crippen LogP contribution in [-0.4, -0.2) is 11.1 Å². The van der Waals surface area contributed by atoms with Crippen molar-refractivity contribution in [2.75, 3.05) is 5.32 Å². The Morgan fingerprint density at radius 3 is 2.83 bits per heavy atom. The van der Waals surface area contributed by atoms with Gasteiger partial charge in [-0.25, -0.2) is 4.79 Å². The molecule has 3 nitrogen and oxygen atoms in total. The van der Waals surface area contributed by atoms with Crippen LogP contribution in [-0.2, 0) is 6.54 Å². The first-order valence-electron chi connectivity index (χ1n) is 5.39. The summed E-state index contributed by atoms with van der Waals surface area (Å²) in [6.45, 7) is 2.54. The van der Waals surface area contributed by atoms with Gasteiger partial charge in [0.2, 0.25) is 0 Å². The molecule has 0 fully saturated rings. The molecule has 2 N–H and O–H groups in total. The van der Waals surface area contributed by atoms with E-state index >= 15 is 0 Å². The van der Waals surface area contributed by atoms with Gasteiger partial charge in [-0.3, -0.25) is 0 Å². The second-order valence-corrected chi connectivity index (χ2v) is 5.41. The maximum Gasteiger partial charge on any atom is 0.345 e. The van der Waals surface area contributed by atoms with E-state index in [0.717, 1.165) is 21.2 Å². The molecule has 1 heterocycles. The largest absolute Gasteiger partial charge is 0.477 e. The van der Waals surface area contributed by atoms with Crippen molar-refractivity contribution in [3.63, 3.8) is 0 Å². The van der Waals surface area contributed by atoms with Crippen molar-refractivity contribution in [3.05, 3.63) is 50.7 Å². The normalized spacial score (nSPS) is 10.3. The molecular formula is C13H12ClNO2S. The van der Waals surface area contributed by atoms with E-state index in [9.17, 15) is 4.79 Å². The number of halogens is 1. The Morgan fingerprint density at radius 2 is 2.17 bits per heavy atom. The summed E-state index contributed by atoms with van der Waals surface area (Å²) in [5.41, 5.74) is 1.96. The van der Waals surface area contributed by atoms with Crippen molar-refractivity contribution in [2.45, 2.75) is 13.5 Å². The molecule has 0 spiro atoms. The fourth-order valence-corrected chi connectivity index (χ4v) is 2.53. The number of carbonyl (C=O) groups is 1. The Hall–Kier alpha value is -1.52. The number of aromatic carboxylic acids is 1. The molecule has 2 aromatic rings. The van der Waals surface area contributed by atoms with Gasteiger partial charge >= 0.3 is 5.97 Å². The zero-order chi connectivity index (χ0) is 13.1. The van der Waals surface area contributed by atoms with Crippen molar-refractivity contribution in [3.8, 4) is 0 Å². The lowest BCUT2D eigenvalue weighted by molar-refractivity contribution is 0.0702.